The first-order chi connectivity index (χ1) is 21.8. The summed E-state index contributed by atoms with van der Waals surface area (Å²) in [5.41, 5.74) is 2.94. The molecule has 0 saturated heterocycles. The summed E-state index contributed by atoms with van der Waals surface area (Å²) in [4.78, 5) is 50.4. The van der Waals surface area contributed by atoms with Crippen LogP contribution in [0.5, 0.6) is 5.75 Å². The number of hydrogen-bond donors (Lipinski definition) is 4. The lowest BCUT2D eigenvalue weighted by Gasteiger charge is -2.19. The summed E-state index contributed by atoms with van der Waals surface area (Å²) >= 11 is 0. The highest BCUT2D eigenvalue weighted by Gasteiger charge is 2.41. The number of carbonyl (C=O) groups excluding carboxylic acids is 4. The Morgan fingerprint density at radius 3 is 2.13 bits per heavy atom. The summed E-state index contributed by atoms with van der Waals surface area (Å²) in [6.07, 6.45) is 0.695. The number of carbonyl (C=O) groups is 4. The lowest BCUT2D eigenvalue weighted by atomic mass is 10.1. The molecule has 0 atom stereocenters. The number of ether oxygens (including phenoxy) is 2. The van der Waals surface area contributed by atoms with Crippen molar-refractivity contribution < 1.29 is 37.4 Å². The summed E-state index contributed by atoms with van der Waals surface area (Å²) in [5.74, 6) is -7.26. The van der Waals surface area contributed by atoms with Crippen LogP contribution in [0, 0.1) is 0 Å². The molecule has 4 N–H and O–H groups in total. The first kappa shape index (κ1) is 33.1. The van der Waals surface area contributed by atoms with Crippen molar-refractivity contribution >= 4 is 35.3 Å². The van der Waals surface area contributed by atoms with Crippen LogP contribution >= 0.6 is 0 Å². The number of hydrazine groups is 1. The SMILES string of the molecule is CCOc1ccccc1C(=O)NNC(=O)C(F)(F)c1ccc(C(=O)Nc2nn(-c3ccccc3)cc2NC(=O)OC(C)(C)C)cc1. The van der Waals surface area contributed by atoms with Gasteiger partial charge in [-0.15, -0.1) is 5.10 Å². The molecule has 4 aromatic rings. The van der Waals surface area contributed by atoms with Gasteiger partial charge in [-0.3, -0.25) is 30.6 Å². The second-order valence-corrected chi connectivity index (χ2v) is 10.7. The van der Waals surface area contributed by atoms with Crippen molar-refractivity contribution in [2.45, 2.75) is 39.2 Å². The zero-order chi connectivity index (χ0) is 33.5. The van der Waals surface area contributed by atoms with Crippen molar-refractivity contribution in [2.24, 2.45) is 0 Å². The van der Waals surface area contributed by atoms with Gasteiger partial charge in [0.05, 0.1) is 24.1 Å². The van der Waals surface area contributed by atoms with Gasteiger partial charge in [-0.2, -0.15) is 8.78 Å². The molecule has 4 amide bonds. The third kappa shape index (κ3) is 8.22. The van der Waals surface area contributed by atoms with Crippen LogP contribution in [-0.4, -0.2) is 45.8 Å². The first-order valence-electron chi connectivity index (χ1n) is 14.1. The number of hydrogen-bond acceptors (Lipinski definition) is 7. The molecule has 240 valence electrons. The van der Waals surface area contributed by atoms with Gasteiger partial charge in [-0.1, -0.05) is 42.5 Å². The third-order valence-electron chi connectivity index (χ3n) is 6.12. The molecule has 0 unspecified atom stereocenters. The lowest BCUT2D eigenvalue weighted by Crippen LogP contribution is -2.48. The minimum atomic E-state index is -4.07. The predicted octanol–water partition coefficient (Wildman–Crippen LogP) is 5.42. The van der Waals surface area contributed by atoms with Gasteiger partial charge >= 0.3 is 17.9 Å². The van der Waals surface area contributed by atoms with E-state index in [9.17, 15) is 28.0 Å². The first-order valence-corrected chi connectivity index (χ1v) is 14.1. The van der Waals surface area contributed by atoms with E-state index in [4.69, 9.17) is 9.47 Å². The van der Waals surface area contributed by atoms with E-state index in [1.807, 2.05) is 11.5 Å². The summed E-state index contributed by atoms with van der Waals surface area (Å²) in [6.45, 7) is 7.06. The van der Waals surface area contributed by atoms with Crippen molar-refractivity contribution in [1.82, 2.24) is 20.6 Å². The average molecular weight is 635 g/mol. The van der Waals surface area contributed by atoms with E-state index in [1.165, 1.54) is 23.0 Å². The molecule has 0 aliphatic heterocycles. The van der Waals surface area contributed by atoms with Gasteiger partial charge < -0.3 is 14.8 Å². The number of alkyl halides is 2. The smallest absolute Gasteiger partial charge is 0.412 e. The molecule has 12 nitrogen and oxygen atoms in total. The summed E-state index contributed by atoms with van der Waals surface area (Å²) in [5, 5.41) is 9.46. The average Bonchev–Trinajstić information content (AvgIpc) is 3.41. The van der Waals surface area contributed by atoms with E-state index in [-0.39, 0.29) is 35.0 Å². The second kappa shape index (κ2) is 13.9. The zero-order valence-corrected chi connectivity index (χ0v) is 25.4. The van der Waals surface area contributed by atoms with Crippen LogP contribution in [-0.2, 0) is 15.5 Å². The minimum Gasteiger partial charge on any atom is -0.493 e. The molecule has 46 heavy (non-hydrogen) atoms. The molecule has 0 saturated carbocycles. The Labute approximate surface area is 263 Å². The van der Waals surface area contributed by atoms with E-state index in [0.29, 0.717) is 5.69 Å². The van der Waals surface area contributed by atoms with Gasteiger partial charge in [0.1, 0.15) is 17.0 Å². The molecule has 0 aliphatic rings. The maximum atomic E-state index is 15.0. The molecule has 0 fully saturated rings. The largest absolute Gasteiger partial charge is 0.493 e. The summed E-state index contributed by atoms with van der Waals surface area (Å²) in [7, 11) is 0. The number of nitrogens with one attached hydrogen (secondary N) is 4. The second-order valence-electron chi connectivity index (χ2n) is 10.7. The van der Waals surface area contributed by atoms with Gasteiger partial charge in [0.25, 0.3) is 11.8 Å². The van der Waals surface area contributed by atoms with Crippen molar-refractivity contribution in [3.63, 3.8) is 0 Å². The highest BCUT2D eigenvalue weighted by molar-refractivity contribution is 6.06. The van der Waals surface area contributed by atoms with E-state index in [1.54, 1.807) is 69.5 Å². The molecular formula is C32H32F2N6O6. The number of halogens is 2. The molecule has 0 bridgehead atoms. The number of anilines is 2. The van der Waals surface area contributed by atoms with Crippen LogP contribution in [0.15, 0.2) is 85.1 Å². The van der Waals surface area contributed by atoms with Crippen LogP contribution in [0.3, 0.4) is 0 Å². The summed E-state index contributed by atoms with van der Waals surface area (Å²) in [6, 6.07) is 19.0. The maximum Gasteiger partial charge on any atom is 0.412 e. The Morgan fingerprint density at radius 1 is 0.826 bits per heavy atom. The minimum absolute atomic E-state index is 0.0323. The zero-order valence-electron chi connectivity index (χ0n) is 25.4. The van der Waals surface area contributed by atoms with Gasteiger partial charge in [0.2, 0.25) is 0 Å². The predicted molar refractivity (Wildman–Crippen MR) is 165 cm³/mol. The van der Waals surface area contributed by atoms with Gasteiger partial charge in [-0.05, 0) is 64.1 Å². The van der Waals surface area contributed by atoms with E-state index in [2.05, 4.69) is 15.7 Å². The Bertz CT molecular complexity index is 1720. The fourth-order valence-electron chi connectivity index (χ4n) is 4.02. The third-order valence-corrected chi connectivity index (χ3v) is 6.12. The van der Waals surface area contributed by atoms with Gasteiger partial charge in [0, 0.05) is 11.1 Å². The lowest BCUT2D eigenvalue weighted by molar-refractivity contribution is -0.147. The Balaban J connectivity index is 1.46. The van der Waals surface area contributed by atoms with E-state index < -0.39 is 40.9 Å². The molecule has 14 heteroatoms. The van der Waals surface area contributed by atoms with Crippen molar-refractivity contribution in [3.8, 4) is 11.4 Å². The number of para-hydroxylation sites is 2. The number of rotatable bonds is 9. The summed E-state index contributed by atoms with van der Waals surface area (Å²) < 4.78 is 42.0. The molecule has 0 radical (unpaired) electrons. The fraction of sp³-hybridized carbons (Fsp3) is 0.219. The van der Waals surface area contributed by atoms with Crippen molar-refractivity contribution in [1.29, 1.82) is 0 Å². The number of nitrogens with zero attached hydrogens (tertiary/aromatic N) is 2. The topological polar surface area (TPSA) is 153 Å². The molecule has 1 heterocycles. The van der Waals surface area contributed by atoms with Crippen LogP contribution in [0.4, 0.5) is 25.1 Å². The Hall–Kier alpha value is -5.79. The van der Waals surface area contributed by atoms with Crippen molar-refractivity contribution in [2.75, 3.05) is 17.2 Å². The standard InChI is InChI=1S/C32H32F2N6O6/c1-5-45-25-14-10-9-13-23(25)28(42)37-38-29(43)32(33,34)21-17-15-20(16-18-21)27(41)36-26-24(35-30(44)46-31(2,3)4)19-40(39-26)22-11-7-6-8-12-22/h6-19H,5H2,1-4H3,(H,35,44)(H,37,42)(H,38,43)(H,36,39,41). The van der Waals surface area contributed by atoms with Crippen LogP contribution < -0.4 is 26.2 Å². The number of amides is 4. The van der Waals surface area contributed by atoms with Gasteiger partial charge in [0.15, 0.2) is 5.82 Å². The van der Waals surface area contributed by atoms with Crippen LogP contribution in [0.25, 0.3) is 5.69 Å². The highest BCUT2D eigenvalue weighted by Crippen LogP contribution is 2.29. The molecule has 0 aliphatic carbocycles. The Kier molecular flexibility index (Phi) is 9.99. The molecule has 1 aromatic heterocycles. The maximum absolute atomic E-state index is 15.0. The normalized spacial score (nSPS) is 11.3. The van der Waals surface area contributed by atoms with Crippen LogP contribution in [0.2, 0.25) is 0 Å². The molecular weight excluding hydrogens is 602 g/mol. The highest BCUT2D eigenvalue weighted by atomic mass is 19.3. The Morgan fingerprint density at radius 2 is 1.48 bits per heavy atom. The molecule has 0 spiro atoms. The van der Waals surface area contributed by atoms with E-state index >= 15 is 0 Å². The van der Waals surface area contributed by atoms with Gasteiger partial charge in [-0.25, -0.2) is 9.48 Å². The molecule has 4 rings (SSSR count). The fourth-order valence-corrected chi connectivity index (χ4v) is 4.02. The number of aromatic nitrogens is 2. The number of benzene rings is 3. The van der Waals surface area contributed by atoms with Crippen LogP contribution in [0.1, 0.15) is 54.0 Å². The van der Waals surface area contributed by atoms with Crippen molar-refractivity contribution in [3.05, 3.63) is 102 Å². The molecule has 3 aromatic carbocycles. The quantitative estimate of drug-likeness (QED) is 0.179. The monoisotopic (exact) mass is 634 g/mol. The van der Waals surface area contributed by atoms with E-state index in [0.717, 1.165) is 24.3 Å².